The molecule has 3 rings (SSSR count). The Hall–Kier alpha value is -0.960. The van der Waals surface area contributed by atoms with Crippen LogP contribution in [-0.2, 0) is 11.3 Å². The standard InChI is InChI=1S/C15H19F2N/c1-18-10-14(7-8-14)12-3-2-4-13(9-12)15(16,17)11-5-6-11/h2-4,9,11,18H,5-8,10H2,1H3. The molecule has 18 heavy (non-hydrogen) atoms. The first-order valence-corrected chi connectivity index (χ1v) is 6.72. The number of alkyl halides is 2. The summed E-state index contributed by atoms with van der Waals surface area (Å²) in [5.74, 6) is -3.06. The summed E-state index contributed by atoms with van der Waals surface area (Å²) < 4.78 is 28.2. The maximum Gasteiger partial charge on any atom is 0.276 e. The summed E-state index contributed by atoms with van der Waals surface area (Å²) in [6, 6.07) is 7.10. The van der Waals surface area contributed by atoms with Crippen molar-refractivity contribution in [2.24, 2.45) is 5.92 Å². The average molecular weight is 251 g/mol. The first-order chi connectivity index (χ1) is 8.58. The number of hydrogen-bond donors (Lipinski definition) is 1. The van der Waals surface area contributed by atoms with Crippen LogP contribution in [0.5, 0.6) is 0 Å². The topological polar surface area (TPSA) is 12.0 Å². The van der Waals surface area contributed by atoms with E-state index in [9.17, 15) is 8.78 Å². The van der Waals surface area contributed by atoms with E-state index in [1.54, 1.807) is 18.2 Å². The maximum absolute atomic E-state index is 14.1. The predicted molar refractivity (Wildman–Crippen MR) is 67.9 cm³/mol. The highest BCUT2D eigenvalue weighted by Gasteiger charge is 2.49. The van der Waals surface area contributed by atoms with Gasteiger partial charge in [0.1, 0.15) is 0 Å². The zero-order valence-electron chi connectivity index (χ0n) is 10.7. The van der Waals surface area contributed by atoms with Crippen LogP contribution in [0.1, 0.15) is 36.8 Å². The quantitative estimate of drug-likeness (QED) is 0.845. The minimum Gasteiger partial charge on any atom is -0.319 e. The van der Waals surface area contributed by atoms with E-state index in [4.69, 9.17) is 0 Å². The van der Waals surface area contributed by atoms with Gasteiger partial charge in [-0.2, -0.15) is 0 Å². The molecular formula is C15H19F2N. The van der Waals surface area contributed by atoms with E-state index in [0.717, 1.165) is 24.9 Å². The third-order valence-corrected chi connectivity index (χ3v) is 4.32. The Kier molecular flexibility index (Phi) is 2.70. The number of benzene rings is 1. The van der Waals surface area contributed by atoms with Crippen molar-refractivity contribution in [3.05, 3.63) is 35.4 Å². The Balaban J connectivity index is 1.90. The molecule has 0 saturated heterocycles. The van der Waals surface area contributed by atoms with Gasteiger partial charge >= 0.3 is 0 Å². The monoisotopic (exact) mass is 251 g/mol. The first-order valence-electron chi connectivity index (χ1n) is 6.72. The Morgan fingerprint density at radius 1 is 1.33 bits per heavy atom. The third kappa shape index (κ3) is 1.95. The van der Waals surface area contributed by atoms with E-state index in [0.29, 0.717) is 12.8 Å². The van der Waals surface area contributed by atoms with Crippen molar-refractivity contribution in [3.8, 4) is 0 Å². The zero-order valence-corrected chi connectivity index (χ0v) is 10.7. The summed E-state index contributed by atoms with van der Waals surface area (Å²) in [5, 5.41) is 3.17. The molecule has 2 saturated carbocycles. The molecule has 1 N–H and O–H groups in total. The Morgan fingerprint density at radius 2 is 2.06 bits per heavy atom. The molecule has 0 spiro atoms. The molecule has 3 heteroatoms. The molecule has 1 nitrogen and oxygen atoms in total. The summed E-state index contributed by atoms with van der Waals surface area (Å²) in [6.07, 6.45) is 3.54. The number of hydrogen-bond acceptors (Lipinski definition) is 1. The molecule has 0 aromatic heterocycles. The van der Waals surface area contributed by atoms with Gasteiger partial charge in [-0.15, -0.1) is 0 Å². The molecule has 2 aliphatic rings. The van der Waals surface area contributed by atoms with E-state index in [-0.39, 0.29) is 11.0 Å². The maximum atomic E-state index is 14.1. The summed E-state index contributed by atoms with van der Waals surface area (Å²) in [4.78, 5) is 0. The molecule has 0 unspecified atom stereocenters. The minimum absolute atomic E-state index is 0.115. The second-order valence-corrected chi connectivity index (χ2v) is 5.79. The normalized spacial score (nSPS) is 21.9. The van der Waals surface area contributed by atoms with Crippen molar-refractivity contribution < 1.29 is 8.78 Å². The number of nitrogens with one attached hydrogen (secondary N) is 1. The smallest absolute Gasteiger partial charge is 0.276 e. The number of rotatable bonds is 5. The lowest BCUT2D eigenvalue weighted by molar-refractivity contribution is -0.0286. The lowest BCUT2D eigenvalue weighted by Crippen LogP contribution is -2.24. The van der Waals surface area contributed by atoms with E-state index in [1.807, 2.05) is 13.1 Å². The largest absolute Gasteiger partial charge is 0.319 e. The summed E-state index contributed by atoms with van der Waals surface area (Å²) >= 11 is 0. The van der Waals surface area contributed by atoms with Gasteiger partial charge in [-0.1, -0.05) is 18.2 Å². The summed E-state index contributed by atoms with van der Waals surface area (Å²) in [6.45, 7) is 0.880. The van der Waals surface area contributed by atoms with Gasteiger partial charge in [0.05, 0.1) is 0 Å². The number of likely N-dealkylation sites (N-methyl/N-ethyl adjacent to an activating group) is 1. The Bertz CT molecular complexity index is 448. The van der Waals surface area contributed by atoms with Crippen LogP contribution < -0.4 is 5.32 Å². The second kappa shape index (κ2) is 4.02. The van der Waals surface area contributed by atoms with Crippen LogP contribution >= 0.6 is 0 Å². The van der Waals surface area contributed by atoms with E-state index < -0.39 is 11.8 Å². The van der Waals surface area contributed by atoms with Crippen molar-refractivity contribution in [1.82, 2.24) is 5.32 Å². The van der Waals surface area contributed by atoms with Crippen LogP contribution in [0.15, 0.2) is 24.3 Å². The average Bonchev–Trinajstić information content (AvgIpc) is 3.23. The highest BCUT2D eigenvalue weighted by atomic mass is 19.3. The van der Waals surface area contributed by atoms with Crippen LogP contribution in [0, 0.1) is 5.92 Å². The fourth-order valence-corrected chi connectivity index (χ4v) is 2.79. The van der Waals surface area contributed by atoms with Gasteiger partial charge in [-0.05, 0) is 44.4 Å². The van der Waals surface area contributed by atoms with Crippen LogP contribution in [0.3, 0.4) is 0 Å². The number of halogens is 2. The van der Waals surface area contributed by atoms with Crippen LogP contribution in [0.2, 0.25) is 0 Å². The minimum atomic E-state index is -2.63. The van der Waals surface area contributed by atoms with Crippen LogP contribution in [-0.4, -0.2) is 13.6 Å². The first kappa shape index (κ1) is 12.1. The SMILES string of the molecule is CNCC1(c2cccc(C(F)(F)C3CC3)c2)CC1. The van der Waals surface area contributed by atoms with Gasteiger partial charge in [-0.25, -0.2) is 8.78 Å². The van der Waals surface area contributed by atoms with Crippen molar-refractivity contribution >= 4 is 0 Å². The molecule has 0 bridgehead atoms. The van der Waals surface area contributed by atoms with Gasteiger partial charge in [0.2, 0.25) is 0 Å². The van der Waals surface area contributed by atoms with E-state index in [2.05, 4.69) is 5.32 Å². The van der Waals surface area contributed by atoms with Gasteiger partial charge in [0.15, 0.2) is 0 Å². The van der Waals surface area contributed by atoms with Gasteiger partial charge in [0.25, 0.3) is 5.92 Å². The second-order valence-electron chi connectivity index (χ2n) is 5.79. The molecule has 1 aromatic rings. The summed E-state index contributed by atoms with van der Waals surface area (Å²) in [5.41, 5.74) is 1.41. The zero-order chi connectivity index (χ0) is 12.8. The van der Waals surface area contributed by atoms with Gasteiger partial charge < -0.3 is 5.32 Å². The molecule has 0 heterocycles. The van der Waals surface area contributed by atoms with Crippen molar-refractivity contribution in [3.63, 3.8) is 0 Å². The lowest BCUT2D eigenvalue weighted by Gasteiger charge is -2.20. The van der Waals surface area contributed by atoms with Crippen LogP contribution in [0.25, 0.3) is 0 Å². The highest BCUT2D eigenvalue weighted by Crippen LogP contribution is 2.52. The molecule has 0 atom stereocenters. The van der Waals surface area contributed by atoms with Crippen molar-refractivity contribution in [2.75, 3.05) is 13.6 Å². The predicted octanol–water partition coefficient (Wildman–Crippen LogP) is 3.44. The lowest BCUT2D eigenvalue weighted by atomic mass is 9.92. The van der Waals surface area contributed by atoms with Crippen molar-refractivity contribution in [2.45, 2.75) is 37.0 Å². The highest BCUT2D eigenvalue weighted by molar-refractivity contribution is 5.37. The van der Waals surface area contributed by atoms with E-state index in [1.165, 1.54) is 0 Å². The summed E-state index contributed by atoms with van der Waals surface area (Å²) in [7, 11) is 1.92. The van der Waals surface area contributed by atoms with Gasteiger partial charge in [0, 0.05) is 23.4 Å². The molecular weight excluding hydrogens is 232 g/mol. The molecule has 0 amide bonds. The van der Waals surface area contributed by atoms with Gasteiger partial charge in [-0.3, -0.25) is 0 Å². The fourth-order valence-electron chi connectivity index (χ4n) is 2.79. The molecule has 0 radical (unpaired) electrons. The fraction of sp³-hybridized carbons (Fsp3) is 0.600. The molecule has 2 aliphatic carbocycles. The Labute approximate surface area is 107 Å². The molecule has 2 fully saturated rings. The molecule has 98 valence electrons. The van der Waals surface area contributed by atoms with E-state index >= 15 is 0 Å². The molecule has 1 aromatic carbocycles. The van der Waals surface area contributed by atoms with Crippen LogP contribution in [0.4, 0.5) is 8.78 Å². The molecule has 0 aliphatic heterocycles. The third-order valence-electron chi connectivity index (χ3n) is 4.32. The van der Waals surface area contributed by atoms with Crippen molar-refractivity contribution in [1.29, 1.82) is 0 Å². The Morgan fingerprint density at radius 3 is 2.61 bits per heavy atom.